The predicted molar refractivity (Wildman–Crippen MR) is 477 cm³/mol. The maximum atomic E-state index is 14.9. The lowest BCUT2D eigenvalue weighted by Gasteiger charge is -2.56. The van der Waals surface area contributed by atoms with Gasteiger partial charge in [-0.25, -0.2) is 9.59 Å². The summed E-state index contributed by atoms with van der Waals surface area (Å²) >= 11 is 0. The fraction of sp³-hybridized carbons (Fsp3) is 0.532. The molecular formula is C94H124N12O21S. The van der Waals surface area contributed by atoms with Crippen LogP contribution in [-0.4, -0.2) is 198 Å². The third kappa shape index (κ3) is 27.0. The van der Waals surface area contributed by atoms with E-state index in [0.717, 1.165) is 72.8 Å². The Kier molecular flexibility index (Phi) is 35.7. The van der Waals surface area contributed by atoms with Crippen LogP contribution in [-0.2, 0) is 119 Å². The molecule has 0 aromatic heterocycles. The summed E-state index contributed by atoms with van der Waals surface area (Å²) in [4.78, 5) is 165. The van der Waals surface area contributed by atoms with Gasteiger partial charge in [0.15, 0.2) is 0 Å². The monoisotopic (exact) mass is 1790 g/mol. The first kappa shape index (κ1) is 99.0. The highest BCUT2D eigenvalue weighted by Crippen LogP contribution is 2.60. The second kappa shape index (κ2) is 46.2. The van der Waals surface area contributed by atoms with E-state index in [1.54, 1.807) is 24.8 Å². The number of hydrogen-bond acceptors (Lipinski definition) is 20. The largest absolute Gasteiger partial charge is 0.445 e. The minimum Gasteiger partial charge on any atom is -0.445 e. The molecule has 5 aliphatic rings. The van der Waals surface area contributed by atoms with Gasteiger partial charge in [-0.3, -0.25) is 57.8 Å². The van der Waals surface area contributed by atoms with E-state index in [1.807, 2.05) is 67.6 Å². The van der Waals surface area contributed by atoms with E-state index in [4.69, 9.17) is 29.4 Å². The fourth-order valence-corrected chi connectivity index (χ4v) is 19.0. The van der Waals surface area contributed by atoms with Gasteiger partial charge in [0.1, 0.15) is 30.8 Å². The van der Waals surface area contributed by atoms with Crippen LogP contribution < -0.4 is 63.8 Å². The van der Waals surface area contributed by atoms with Crippen molar-refractivity contribution < 1.29 is 99.3 Å². The van der Waals surface area contributed by atoms with Gasteiger partial charge in [-0.2, -0.15) is 8.42 Å². The smallest absolute Gasteiger partial charge is 0.408 e. The van der Waals surface area contributed by atoms with Crippen molar-refractivity contribution in [2.24, 2.45) is 34.3 Å². The van der Waals surface area contributed by atoms with Crippen molar-refractivity contribution >= 4 is 98.4 Å². The number of anilines is 3. The van der Waals surface area contributed by atoms with Gasteiger partial charge in [-0.15, -0.1) is 0 Å². The summed E-state index contributed by atoms with van der Waals surface area (Å²) in [5, 5.41) is 36.9. The normalized spacial score (nSPS) is 20.4. The number of urea groups is 1. The molecule has 0 radical (unpaired) electrons. The minimum atomic E-state index is -4.43. The van der Waals surface area contributed by atoms with Crippen molar-refractivity contribution in [3.05, 3.63) is 159 Å². The van der Waals surface area contributed by atoms with Crippen molar-refractivity contribution in [1.29, 1.82) is 0 Å². The lowest BCUT2D eigenvalue weighted by molar-refractivity contribution is -0.150. The summed E-state index contributed by atoms with van der Waals surface area (Å²) in [6.07, 6.45) is 5.86. The van der Waals surface area contributed by atoms with Gasteiger partial charge in [-0.05, 0) is 182 Å². The summed E-state index contributed by atoms with van der Waals surface area (Å²) < 4.78 is 59.6. The van der Waals surface area contributed by atoms with E-state index in [1.165, 1.54) is 41.0 Å². The van der Waals surface area contributed by atoms with Crippen LogP contribution in [0, 0.1) is 47.3 Å². The fourth-order valence-electron chi connectivity index (χ4n) is 18.6. The summed E-state index contributed by atoms with van der Waals surface area (Å²) in [7, 11) is -4.43. The first-order chi connectivity index (χ1) is 61.1. The number of carbonyl (C=O) groups excluding carboxylic acids is 12. The Balaban J connectivity index is 0.640. The minimum absolute atomic E-state index is 0.00227. The van der Waals surface area contributed by atoms with Crippen LogP contribution in [0.5, 0.6) is 0 Å². The molecule has 4 aliphatic carbocycles. The SMILES string of the molecule is Cc1ccc2c(c1)[C@@]1(C)CCC[C@](C)(C(=O)NC(=O)[C@@]3(C)CCC[C@]4(C)c5cc(NC(=O)[C@H](CO)NC(=O)OCc6ccc(NC(=O)[C@H](CCCNC(N)=O)NC(=O)[C@@H](NC(=O)[C@@H](CCC(=O)NCCS(=O)(=O)O)NC(=O)CCOCCOCCOCCOCCNC(=O)CCC(=O)N7Cc8ccccc8C#Cc8ccccc87)C(C)C)cc6)ccc5CC[C@@H]34)[C@@H]1CC2. The highest BCUT2D eigenvalue weighted by atomic mass is 32.2. The summed E-state index contributed by atoms with van der Waals surface area (Å²) in [6, 6.07) is 27.1. The van der Waals surface area contributed by atoms with Gasteiger partial charge in [0.05, 0.1) is 88.3 Å². The number of carbonyl (C=O) groups is 12. The third-order valence-electron chi connectivity index (χ3n) is 25.5. The van der Waals surface area contributed by atoms with Crippen LogP contribution in [0.3, 0.4) is 0 Å². The number of fused-ring (bicyclic) bond motifs is 8. The van der Waals surface area contributed by atoms with E-state index in [0.29, 0.717) is 42.7 Å². The van der Waals surface area contributed by atoms with Crippen LogP contribution in [0.2, 0.25) is 0 Å². The molecular weight excluding hydrogens is 1670 g/mol. The molecule has 692 valence electrons. The zero-order chi connectivity index (χ0) is 92.4. The first-order valence-electron chi connectivity index (χ1n) is 44.2. The van der Waals surface area contributed by atoms with Crippen molar-refractivity contribution in [2.45, 2.75) is 206 Å². The van der Waals surface area contributed by atoms with Crippen LogP contribution in [0.4, 0.5) is 26.7 Å². The zero-order valence-electron chi connectivity index (χ0n) is 74.1. The van der Waals surface area contributed by atoms with Gasteiger partial charge in [-0.1, -0.05) is 139 Å². The second-order valence-electron chi connectivity index (χ2n) is 35.0. The summed E-state index contributed by atoms with van der Waals surface area (Å²) in [5.41, 5.74) is 13.2. The Labute approximate surface area is 748 Å². The molecule has 128 heavy (non-hydrogen) atoms. The molecule has 0 spiro atoms. The molecule has 14 N–H and O–H groups in total. The van der Waals surface area contributed by atoms with E-state index in [-0.39, 0.29) is 158 Å². The number of aliphatic hydroxyl groups is 1. The molecule has 2 saturated carbocycles. The van der Waals surface area contributed by atoms with Crippen molar-refractivity contribution in [1.82, 2.24) is 42.5 Å². The number of primary amides is 1. The van der Waals surface area contributed by atoms with E-state index >= 15 is 0 Å². The van der Waals surface area contributed by atoms with Crippen LogP contribution in [0.15, 0.2) is 109 Å². The standard InChI is InChI=1S/C94H124N12O21S/c1-60(2)82(104-84(113)73(32-35-78(108)97-45-54-128(120,121)122)101-80(110)38-46-123-48-50-125-52-53-126-51-49-124-47-44-96-79(109)36-37-81(111)106-57-67-17-9-8-15-63(67)24-25-66-16-10-11-19-75(66)106)86(115)102-72(18-12-43-98-89(95)118)83(112)99-68-29-21-62(22-30-68)59-127-90(119)103-74(58-107)85(114)100-69-31-26-65-28-34-77-92(5,71(65)56-69)40-14-42-94(77,7)88(117)105-87(116)93(6)41-13-39-91(4)70-55-61(3)20-23-64(70)27-33-76(91)93/h8-11,15-17,19-23,26,29-31,55-56,60,72-74,76-77,82,107H,12-14,18,27-28,32-54,57-59H2,1-7H3,(H,96,109)(H,97,108)(H,99,112)(H,100,114)(H,101,110)(H,102,115)(H,103,119)(H,104,113)(H3,95,98,118)(H,105,116,117)(H,120,121,122)/t72-,73+,74-,76+,77+,82-,91+,92+,93-,94-/m0/s1. The highest BCUT2D eigenvalue weighted by Gasteiger charge is 2.59. The maximum Gasteiger partial charge on any atom is 0.408 e. The Hall–Kier alpha value is -11.2. The lowest BCUT2D eigenvalue weighted by atomic mass is 9.49. The van der Waals surface area contributed by atoms with Crippen LogP contribution in [0.25, 0.3) is 0 Å². The summed E-state index contributed by atoms with van der Waals surface area (Å²) in [5.74, 6) is -0.644. The number of hydrogen-bond donors (Lipinski definition) is 13. The van der Waals surface area contributed by atoms with E-state index in [9.17, 15) is 75.6 Å². The molecule has 0 saturated heterocycles. The number of nitrogens with zero attached hydrogens (tertiary/aromatic N) is 1. The van der Waals surface area contributed by atoms with Gasteiger partial charge in [0.2, 0.25) is 59.1 Å². The number of nitrogens with one attached hydrogen (secondary N) is 10. The second-order valence-corrected chi connectivity index (χ2v) is 36.6. The quantitative estimate of drug-likeness (QED) is 0.00795. The number of alkyl carbamates (subject to hydrolysis) is 1. The number of para-hydroxylation sites is 1. The number of aliphatic hydroxyl groups excluding tert-OH is 1. The topological polar surface area (TPSA) is 475 Å². The van der Waals surface area contributed by atoms with Gasteiger partial charge in [0, 0.05) is 67.8 Å². The molecule has 2 fully saturated rings. The summed E-state index contributed by atoms with van der Waals surface area (Å²) in [6.45, 7) is 14.1. The molecule has 5 aromatic carbocycles. The Morgan fingerprint density at radius 1 is 0.539 bits per heavy atom. The number of rotatable bonds is 44. The molecule has 34 heteroatoms. The molecule has 5 aromatic rings. The average molecular weight is 1790 g/mol. The lowest BCUT2D eigenvalue weighted by Crippen LogP contribution is -2.60. The highest BCUT2D eigenvalue weighted by molar-refractivity contribution is 7.85. The molecule has 1 heterocycles. The molecule has 10 atom stereocenters. The Bertz CT molecular complexity index is 5000. The zero-order valence-corrected chi connectivity index (χ0v) is 75.0. The molecule has 13 amide bonds. The predicted octanol–water partition coefficient (Wildman–Crippen LogP) is 7.17. The number of ether oxygens (including phenoxy) is 5. The third-order valence-corrected chi connectivity index (χ3v) is 26.2. The average Bonchev–Trinajstić information content (AvgIpc) is 0.719. The number of amides is 13. The van der Waals surface area contributed by atoms with Crippen LogP contribution in [0.1, 0.15) is 188 Å². The van der Waals surface area contributed by atoms with Gasteiger partial charge < -0.3 is 87.3 Å². The number of imide groups is 1. The van der Waals surface area contributed by atoms with Crippen molar-refractivity contribution in [2.75, 3.05) is 100 Å². The molecule has 0 bridgehead atoms. The Morgan fingerprint density at radius 2 is 1.09 bits per heavy atom. The number of aryl methyl sites for hydroxylation is 3. The number of nitrogens with two attached hydrogens (primary N) is 1. The van der Waals surface area contributed by atoms with Gasteiger partial charge >= 0.3 is 12.1 Å². The van der Waals surface area contributed by atoms with E-state index in [2.05, 4.69) is 111 Å². The van der Waals surface area contributed by atoms with Crippen LogP contribution >= 0.6 is 0 Å². The molecule has 1 aliphatic heterocycles. The molecule has 0 unspecified atom stereocenters. The van der Waals surface area contributed by atoms with Crippen molar-refractivity contribution in [3.8, 4) is 11.8 Å². The van der Waals surface area contributed by atoms with Gasteiger partial charge in [0.25, 0.3) is 10.1 Å². The first-order valence-corrected chi connectivity index (χ1v) is 45.8. The molecule has 33 nitrogen and oxygen atoms in total. The molecule has 10 rings (SSSR count). The Morgan fingerprint density at radius 3 is 1.73 bits per heavy atom. The maximum absolute atomic E-state index is 14.9. The number of benzene rings is 5. The van der Waals surface area contributed by atoms with E-state index < -0.39 is 129 Å². The van der Waals surface area contributed by atoms with Crippen molar-refractivity contribution in [3.63, 3.8) is 0 Å².